The summed E-state index contributed by atoms with van der Waals surface area (Å²) in [6.45, 7) is 5.41. The van der Waals surface area contributed by atoms with Crippen LogP contribution in [0.5, 0.6) is 0 Å². The maximum atomic E-state index is 12.0. The van der Waals surface area contributed by atoms with Crippen LogP contribution in [-0.2, 0) is 9.53 Å². The van der Waals surface area contributed by atoms with Gasteiger partial charge in [0.25, 0.3) is 5.91 Å². The molecule has 1 amide bonds. The van der Waals surface area contributed by atoms with E-state index in [0.29, 0.717) is 15.7 Å². The zero-order valence-electron chi connectivity index (χ0n) is 12.3. The summed E-state index contributed by atoms with van der Waals surface area (Å²) in [5.41, 5.74) is 2.43. The number of nitrogens with one attached hydrogen (secondary N) is 1. The number of aryl methyl sites for hydroxylation is 3. The number of carbonyl (C=O) groups is 2. The lowest BCUT2D eigenvalue weighted by Gasteiger charge is -2.01. The Morgan fingerprint density at radius 2 is 2.10 bits per heavy atom. The van der Waals surface area contributed by atoms with Gasteiger partial charge in [0.1, 0.15) is 11.4 Å². The van der Waals surface area contributed by atoms with Gasteiger partial charge >= 0.3 is 5.97 Å². The van der Waals surface area contributed by atoms with E-state index in [0.717, 1.165) is 11.4 Å². The number of methoxy groups -OCH3 is 1. The third-order valence-electron chi connectivity index (χ3n) is 2.80. The minimum atomic E-state index is -0.496. The SMILES string of the molecule is COC(=O)CNC(=O)c1sc(-n2nc(C)cc2C)nc1C. The lowest BCUT2D eigenvalue weighted by atomic mass is 10.4. The molecule has 0 radical (unpaired) electrons. The number of hydrogen-bond donors (Lipinski definition) is 1. The molecule has 2 heterocycles. The summed E-state index contributed by atoms with van der Waals surface area (Å²) in [7, 11) is 1.27. The average molecular weight is 308 g/mol. The number of rotatable bonds is 4. The van der Waals surface area contributed by atoms with Crippen molar-refractivity contribution in [3.05, 3.63) is 28.0 Å². The van der Waals surface area contributed by atoms with Crippen LogP contribution in [0.15, 0.2) is 6.07 Å². The van der Waals surface area contributed by atoms with E-state index in [1.807, 2.05) is 19.9 Å². The highest BCUT2D eigenvalue weighted by Gasteiger charge is 2.18. The van der Waals surface area contributed by atoms with Crippen molar-refractivity contribution in [1.29, 1.82) is 0 Å². The van der Waals surface area contributed by atoms with Crippen LogP contribution in [0.25, 0.3) is 5.13 Å². The molecule has 0 aliphatic rings. The minimum Gasteiger partial charge on any atom is -0.468 e. The van der Waals surface area contributed by atoms with Gasteiger partial charge < -0.3 is 10.1 Å². The first-order valence-corrected chi connectivity index (χ1v) is 7.10. The molecule has 7 nitrogen and oxygen atoms in total. The average Bonchev–Trinajstić information content (AvgIpc) is 2.98. The lowest BCUT2D eigenvalue weighted by molar-refractivity contribution is -0.139. The van der Waals surface area contributed by atoms with Crippen molar-refractivity contribution in [2.45, 2.75) is 20.8 Å². The molecule has 1 N–H and O–H groups in total. The molecule has 112 valence electrons. The molecule has 0 fully saturated rings. The number of carbonyl (C=O) groups excluding carboxylic acids is 2. The standard InChI is InChI=1S/C13H16N4O3S/c1-7-5-8(2)17(16-7)13-15-9(3)11(21-13)12(19)14-6-10(18)20-4/h5H,6H2,1-4H3,(H,14,19). The predicted molar refractivity (Wildman–Crippen MR) is 77.8 cm³/mol. The molecule has 0 saturated heterocycles. The van der Waals surface area contributed by atoms with Gasteiger partial charge in [0.15, 0.2) is 0 Å². The Bertz CT molecular complexity index is 690. The van der Waals surface area contributed by atoms with Crippen LogP contribution < -0.4 is 5.32 Å². The Hall–Kier alpha value is -2.22. The molecule has 8 heteroatoms. The topological polar surface area (TPSA) is 86.1 Å². The Balaban J connectivity index is 2.21. The molecule has 2 aromatic heterocycles. The zero-order chi connectivity index (χ0) is 15.6. The normalized spacial score (nSPS) is 10.5. The van der Waals surface area contributed by atoms with Crippen molar-refractivity contribution < 1.29 is 14.3 Å². The summed E-state index contributed by atoms with van der Waals surface area (Å²) in [4.78, 5) is 27.9. The largest absolute Gasteiger partial charge is 0.468 e. The first-order chi connectivity index (χ1) is 9.92. The fourth-order valence-corrected chi connectivity index (χ4v) is 2.81. The van der Waals surface area contributed by atoms with Crippen LogP contribution >= 0.6 is 11.3 Å². The van der Waals surface area contributed by atoms with Gasteiger partial charge in [-0.2, -0.15) is 5.10 Å². The number of thiazole rings is 1. The summed E-state index contributed by atoms with van der Waals surface area (Å²) in [5.74, 6) is -0.840. The molecule has 0 spiro atoms. The van der Waals surface area contributed by atoms with E-state index in [4.69, 9.17) is 0 Å². The molecular weight excluding hydrogens is 292 g/mol. The van der Waals surface area contributed by atoms with Gasteiger partial charge in [-0.3, -0.25) is 9.59 Å². The van der Waals surface area contributed by atoms with Gasteiger partial charge in [-0.25, -0.2) is 9.67 Å². The molecule has 0 bridgehead atoms. The van der Waals surface area contributed by atoms with E-state index in [1.165, 1.54) is 18.4 Å². The number of amides is 1. The molecule has 0 atom stereocenters. The van der Waals surface area contributed by atoms with E-state index in [1.54, 1.807) is 11.6 Å². The molecular formula is C13H16N4O3S. The monoisotopic (exact) mass is 308 g/mol. The van der Waals surface area contributed by atoms with Crippen LogP contribution in [0.1, 0.15) is 26.8 Å². The highest BCUT2D eigenvalue weighted by Crippen LogP contribution is 2.22. The van der Waals surface area contributed by atoms with Gasteiger partial charge in [-0.15, -0.1) is 0 Å². The van der Waals surface area contributed by atoms with Gasteiger partial charge in [0, 0.05) is 5.69 Å². The van der Waals surface area contributed by atoms with Crippen LogP contribution in [0.3, 0.4) is 0 Å². The number of nitrogens with zero attached hydrogens (tertiary/aromatic N) is 3. The number of esters is 1. The van der Waals surface area contributed by atoms with Crippen LogP contribution in [0, 0.1) is 20.8 Å². The van der Waals surface area contributed by atoms with Gasteiger partial charge in [-0.1, -0.05) is 11.3 Å². The van der Waals surface area contributed by atoms with Crippen LogP contribution in [0.2, 0.25) is 0 Å². The Morgan fingerprint density at radius 1 is 1.38 bits per heavy atom. The van der Waals surface area contributed by atoms with E-state index in [9.17, 15) is 9.59 Å². The van der Waals surface area contributed by atoms with E-state index in [-0.39, 0.29) is 12.5 Å². The van der Waals surface area contributed by atoms with Crippen LogP contribution in [-0.4, -0.2) is 40.3 Å². The number of ether oxygens (including phenoxy) is 1. The Morgan fingerprint density at radius 3 is 2.67 bits per heavy atom. The second-order valence-corrected chi connectivity index (χ2v) is 5.49. The third-order valence-corrected chi connectivity index (χ3v) is 3.94. The molecule has 21 heavy (non-hydrogen) atoms. The summed E-state index contributed by atoms with van der Waals surface area (Å²) in [6, 6.07) is 1.94. The Kier molecular flexibility index (Phi) is 4.37. The second-order valence-electron chi connectivity index (χ2n) is 4.51. The van der Waals surface area contributed by atoms with Crippen molar-refractivity contribution in [3.63, 3.8) is 0 Å². The number of hydrogen-bond acceptors (Lipinski definition) is 6. The van der Waals surface area contributed by atoms with Gasteiger partial charge in [0.2, 0.25) is 5.13 Å². The van der Waals surface area contributed by atoms with Crippen molar-refractivity contribution in [2.75, 3.05) is 13.7 Å². The van der Waals surface area contributed by atoms with Crippen molar-refractivity contribution >= 4 is 23.2 Å². The van der Waals surface area contributed by atoms with Crippen molar-refractivity contribution in [2.24, 2.45) is 0 Å². The highest BCUT2D eigenvalue weighted by molar-refractivity contribution is 7.16. The smallest absolute Gasteiger partial charge is 0.325 e. The molecule has 2 rings (SSSR count). The number of aromatic nitrogens is 3. The van der Waals surface area contributed by atoms with E-state index >= 15 is 0 Å². The Labute approximate surface area is 125 Å². The third kappa shape index (κ3) is 3.27. The van der Waals surface area contributed by atoms with Gasteiger partial charge in [0.05, 0.1) is 18.5 Å². The fraction of sp³-hybridized carbons (Fsp3) is 0.385. The molecule has 0 aromatic carbocycles. The zero-order valence-corrected chi connectivity index (χ0v) is 13.1. The highest BCUT2D eigenvalue weighted by atomic mass is 32.1. The maximum Gasteiger partial charge on any atom is 0.325 e. The summed E-state index contributed by atoms with van der Waals surface area (Å²) in [6.07, 6.45) is 0. The van der Waals surface area contributed by atoms with E-state index in [2.05, 4.69) is 20.1 Å². The second kappa shape index (κ2) is 6.04. The molecule has 0 saturated carbocycles. The minimum absolute atomic E-state index is 0.165. The van der Waals surface area contributed by atoms with Crippen molar-refractivity contribution in [1.82, 2.24) is 20.1 Å². The maximum absolute atomic E-state index is 12.0. The van der Waals surface area contributed by atoms with Crippen molar-refractivity contribution in [3.8, 4) is 5.13 Å². The van der Waals surface area contributed by atoms with Gasteiger partial charge in [-0.05, 0) is 26.8 Å². The van der Waals surface area contributed by atoms with E-state index < -0.39 is 5.97 Å². The lowest BCUT2D eigenvalue weighted by Crippen LogP contribution is -2.29. The van der Waals surface area contributed by atoms with Crippen LogP contribution in [0.4, 0.5) is 0 Å². The summed E-state index contributed by atoms with van der Waals surface area (Å²) in [5, 5.41) is 7.47. The molecule has 0 unspecified atom stereocenters. The molecule has 0 aliphatic heterocycles. The first kappa shape index (κ1) is 15.2. The quantitative estimate of drug-likeness (QED) is 0.857. The predicted octanol–water partition coefficient (Wildman–Crippen LogP) is 1.16. The first-order valence-electron chi connectivity index (χ1n) is 6.28. The fourth-order valence-electron chi connectivity index (χ4n) is 1.81. The summed E-state index contributed by atoms with van der Waals surface area (Å²) >= 11 is 1.23. The molecule has 2 aromatic rings. The molecule has 0 aliphatic carbocycles. The summed E-state index contributed by atoms with van der Waals surface area (Å²) < 4.78 is 6.18.